The van der Waals surface area contributed by atoms with Crippen LogP contribution >= 0.6 is 0 Å². The molecule has 1 aliphatic rings. The molecule has 5 nitrogen and oxygen atoms in total. The maximum atomic E-state index is 12.0. The Morgan fingerprint density at radius 3 is 2.72 bits per heavy atom. The van der Waals surface area contributed by atoms with Crippen LogP contribution in [-0.2, 0) is 14.3 Å². The van der Waals surface area contributed by atoms with E-state index >= 15 is 0 Å². The highest BCUT2D eigenvalue weighted by molar-refractivity contribution is 5.98. The van der Waals surface area contributed by atoms with Crippen molar-refractivity contribution in [3.8, 4) is 6.07 Å². The Morgan fingerprint density at radius 1 is 1.36 bits per heavy atom. The molecule has 0 radical (unpaired) electrons. The summed E-state index contributed by atoms with van der Waals surface area (Å²) in [5.74, 6) is -0.636. The van der Waals surface area contributed by atoms with Crippen LogP contribution in [0.4, 0.5) is 5.69 Å². The molecule has 0 aliphatic carbocycles. The van der Waals surface area contributed by atoms with Crippen LogP contribution in [0.5, 0.6) is 0 Å². The monoisotopic (exact) mass is 340 g/mol. The van der Waals surface area contributed by atoms with Gasteiger partial charge in [0.1, 0.15) is 18.2 Å². The van der Waals surface area contributed by atoms with Crippen molar-refractivity contribution in [1.82, 2.24) is 0 Å². The van der Waals surface area contributed by atoms with E-state index in [1.807, 2.05) is 24.3 Å². The van der Waals surface area contributed by atoms with Crippen molar-refractivity contribution in [1.29, 1.82) is 5.26 Å². The summed E-state index contributed by atoms with van der Waals surface area (Å²) in [7, 11) is 3.58. The van der Waals surface area contributed by atoms with Gasteiger partial charge >= 0.3 is 5.97 Å². The third kappa shape index (κ3) is 4.09. The average molecular weight is 340 g/mol. The Labute approximate surface area is 149 Å². The fourth-order valence-electron chi connectivity index (χ4n) is 2.87. The van der Waals surface area contributed by atoms with Gasteiger partial charge in [-0.2, -0.15) is 5.26 Å². The van der Waals surface area contributed by atoms with Crippen molar-refractivity contribution in [2.24, 2.45) is 0 Å². The molecule has 1 aromatic carbocycles. The number of nitriles is 1. The molecule has 0 spiro atoms. The molecule has 1 aliphatic heterocycles. The van der Waals surface area contributed by atoms with E-state index in [0.29, 0.717) is 6.61 Å². The summed E-state index contributed by atoms with van der Waals surface area (Å²) < 4.78 is 9.85. The first kappa shape index (κ1) is 18.8. The lowest BCUT2D eigenvalue weighted by Crippen LogP contribution is -2.42. The van der Waals surface area contributed by atoms with Gasteiger partial charge in [0.05, 0.1) is 12.1 Å². The number of nitrogens with zero attached hydrogens (tertiary/aromatic N) is 2. The van der Waals surface area contributed by atoms with Gasteiger partial charge in [0.15, 0.2) is 0 Å². The van der Waals surface area contributed by atoms with Gasteiger partial charge in [0, 0.05) is 25.4 Å². The van der Waals surface area contributed by atoms with Crippen LogP contribution in [0.2, 0.25) is 0 Å². The first-order valence-corrected chi connectivity index (χ1v) is 8.15. The van der Waals surface area contributed by atoms with Gasteiger partial charge in [0.2, 0.25) is 0 Å². The molecular weight excluding hydrogens is 316 g/mol. The number of anilines is 1. The van der Waals surface area contributed by atoms with Gasteiger partial charge < -0.3 is 14.4 Å². The Kier molecular flexibility index (Phi) is 5.66. The number of ether oxygens (including phenoxy) is 2. The zero-order valence-electron chi connectivity index (χ0n) is 15.4. The molecule has 0 N–H and O–H groups in total. The number of rotatable bonds is 5. The molecule has 0 bridgehead atoms. The zero-order chi connectivity index (χ0) is 18.6. The van der Waals surface area contributed by atoms with E-state index in [9.17, 15) is 10.1 Å². The minimum absolute atomic E-state index is 0.0258. The van der Waals surface area contributed by atoms with Gasteiger partial charge in [0.25, 0.3) is 0 Å². The number of hydrogen-bond acceptors (Lipinski definition) is 5. The van der Waals surface area contributed by atoms with Crippen LogP contribution in [0.15, 0.2) is 29.8 Å². The standard InChI is InChI=1S/C20H24N2O3/c1-14-12-20(2,3)22(4)18-7-6-15(11-17(14)18)10-16(13-21)19(23)25-9-8-24-5/h6-7,10-12H,8-9H2,1-5H3/b16-10-. The molecule has 2 rings (SSSR count). The van der Waals surface area contributed by atoms with Gasteiger partial charge in [-0.05, 0) is 50.1 Å². The number of fused-ring (bicyclic) bond motifs is 1. The number of allylic oxidation sites excluding steroid dienone is 1. The molecule has 25 heavy (non-hydrogen) atoms. The largest absolute Gasteiger partial charge is 0.459 e. The highest BCUT2D eigenvalue weighted by Crippen LogP contribution is 2.38. The van der Waals surface area contributed by atoms with Crippen molar-refractivity contribution in [2.75, 3.05) is 32.3 Å². The molecular formula is C20H24N2O3. The summed E-state index contributed by atoms with van der Waals surface area (Å²) in [5.41, 5.74) is 4.11. The molecule has 0 atom stereocenters. The number of hydrogen-bond donors (Lipinski definition) is 0. The number of carbonyl (C=O) groups is 1. The van der Waals surface area contributed by atoms with E-state index in [-0.39, 0.29) is 17.7 Å². The smallest absolute Gasteiger partial charge is 0.348 e. The average Bonchev–Trinajstić information content (AvgIpc) is 2.57. The quantitative estimate of drug-likeness (QED) is 0.356. The minimum atomic E-state index is -0.636. The predicted molar refractivity (Wildman–Crippen MR) is 99.0 cm³/mol. The molecule has 1 heterocycles. The Hall–Kier alpha value is -2.58. The zero-order valence-corrected chi connectivity index (χ0v) is 15.4. The summed E-state index contributed by atoms with van der Waals surface area (Å²) in [6, 6.07) is 7.83. The first-order valence-electron chi connectivity index (χ1n) is 8.15. The third-order valence-corrected chi connectivity index (χ3v) is 4.41. The minimum Gasteiger partial charge on any atom is -0.459 e. The summed E-state index contributed by atoms with van der Waals surface area (Å²) in [6.45, 7) is 6.83. The van der Waals surface area contributed by atoms with Crippen LogP contribution in [0.3, 0.4) is 0 Å². The van der Waals surface area contributed by atoms with Crippen LogP contribution in [0, 0.1) is 11.3 Å². The predicted octanol–water partition coefficient (Wildman–Crippen LogP) is 3.41. The lowest BCUT2D eigenvalue weighted by atomic mass is 9.88. The first-order chi connectivity index (χ1) is 11.8. The van der Waals surface area contributed by atoms with Gasteiger partial charge in [-0.15, -0.1) is 0 Å². The summed E-state index contributed by atoms with van der Waals surface area (Å²) >= 11 is 0. The molecule has 0 saturated carbocycles. The Morgan fingerprint density at radius 2 is 2.08 bits per heavy atom. The van der Waals surface area contributed by atoms with Crippen molar-refractivity contribution in [3.63, 3.8) is 0 Å². The van der Waals surface area contributed by atoms with Gasteiger partial charge in [-0.3, -0.25) is 0 Å². The van der Waals surface area contributed by atoms with E-state index in [2.05, 4.69) is 38.8 Å². The fourth-order valence-corrected chi connectivity index (χ4v) is 2.87. The molecule has 5 heteroatoms. The fraction of sp³-hybridized carbons (Fsp3) is 0.400. The number of carbonyl (C=O) groups excluding carboxylic acids is 1. The summed E-state index contributed by atoms with van der Waals surface area (Å²) in [4.78, 5) is 14.2. The van der Waals surface area contributed by atoms with E-state index in [4.69, 9.17) is 9.47 Å². The van der Waals surface area contributed by atoms with Crippen molar-refractivity contribution in [3.05, 3.63) is 41.0 Å². The van der Waals surface area contributed by atoms with E-state index < -0.39 is 5.97 Å². The lowest BCUT2D eigenvalue weighted by Gasteiger charge is -2.40. The van der Waals surface area contributed by atoms with E-state index in [1.165, 1.54) is 12.7 Å². The molecule has 0 saturated heterocycles. The topological polar surface area (TPSA) is 62.6 Å². The van der Waals surface area contributed by atoms with Crippen LogP contribution in [0.1, 0.15) is 31.9 Å². The Balaban J connectivity index is 2.32. The van der Waals surface area contributed by atoms with Gasteiger partial charge in [-0.25, -0.2) is 4.79 Å². The molecule has 1 aromatic rings. The van der Waals surface area contributed by atoms with Crippen molar-refractivity contribution < 1.29 is 14.3 Å². The molecule has 0 aromatic heterocycles. The highest BCUT2D eigenvalue weighted by atomic mass is 16.6. The SMILES string of the molecule is COCCOC(=O)/C(C#N)=C\c1ccc2c(c1)C(C)=CC(C)(C)N2C. The molecule has 0 fully saturated rings. The molecule has 0 amide bonds. The van der Waals surface area contributed by atoms with Crippen molar-refractivity contribution in [2.45, 2.75) is 26.3 Å². The second kappa shape index (κ2) is 7.54. The lowest BCUT2D eigenvalue weighted by molar-refractivity contribution is -0.139. The number of likely N-dealkylation sites (N-methyl/N-ethyl adjacent to an activating group) is 1. The summed E-state index contributed by atoms with van der Waals surface area (Å²) in [6.07, 6.45) is 3.77. The maximum Gasteiger partial charge on any atom is 0.348 e. The normalized spacial score (nSPS) is 15.9. The highest BCUT2D eigenvalue weighted by Gasteiger charge is 2.28. The van der Waals surface area contributed by atoms with E-state index in [1.54, 1.807) is 6.08 Å². The van der Waals surface area contributed by atoms with Crippen LogP contribution in [-0.4, -0.2) is 38.9 Å². The van der Waals surface area contributed by atoms with Gasteiger partial charge in [-0.1, -0.05) is 12.1 Å². The summed E-state index contributed by atoms with van der Waals surface area (Å²) in [5, 5.41) is 9.25. The van der Waals surface area contributed by atoms with Crippen LogP contribution in [0.25, 0.3) is 11.6 Å². The molecule has 0 unspecified atom stereocenters. The number of methoxy groups -OCH3 is 1. The van der Waals surface area contributed by atoms with Crippen LogP contribution < -0.4 is 4.90 Å². The molecule has 132 valence electrons. The third-order valence-electron chi connectivity index (χ3n) is 4.41. The maximum absolute atomic E-state index is 12.0. The Bertz CT molecular complexity index is 770. The van der Waals surface area contributed by atoms with Crippen molar-refractivity contribution >= 4 is 23.3 Å². The van der Waals surface area contributed by atoms with E-state index in [0.717, 1.165) is 16.8 Å². The number of esters is 1. The second-order valence-electron chi connectivity index (χ2n) is 6.62. The number of benzene rings is 1. The second-order valence-corrected chi connectivity index (χ2v) is 6.62.